The molecule has 3 N–H and O–H groups in total. The number of carboxylic acids is 2. The normalized spacial score (nSPS) is 13.1. The lowest BCUT2D eigenvalue weighted by Gasteiger charge is -2.22. The Morgan fingerprint density at radius 3 is 2.28 bits per heavy atom. The fourth-order valence-corrected chi connectivity index (χ4v) is 3.18. The Morgan fingerprint density at radius 2 is 1.66 bits per heavy atom. The summed E-state index contributed by atoms with van der Waals surface area (Å²) in [7, 11) is 0. The molecule has 0 saturated heterocycles. The van der Waals surface area contributed by atoms with Crippen LogP contribution in [0.4, 0.5) is 0 Å². The number of halogens is 1. The number of hydrogen-bond donors (Lipinski definition) is 3. The second kappa shape index (κ2) is 10.8. The van der Waals surface area contributed by atoms with E-state index >= 15 is 0 Å². The van der Waals surface area contributed by atoms with Gasteiger partial charge in [-0.15, -0.1) is 0 Å². The Hall–Kier alpha value is -2.57. The lowest BCUT2D eigenvalue weighted by atomic mass is 10.0. The van der Waals surface area contributed by atoms with E-state index in [9.17, 15) is 19.8 Å². The van der Waals surface area contributed by atoms with Gasteiger partial charge < -0.3 is 14.9 Å². The summed E-state index contributed by atoms with van der Waals surface area (Å²) in [4.78, 5) is 23.1. The van der Waals surface area contributed by atoms with Crippen LogP contribution in [0.25, 0.3) is 0 Å². The molecule has 0 radical (unpaired) electrons. The number of rotatable bonds is 11. The van der Waals surface area contributed by atoms with Crippen LogP contribution in [-0.2, 0) is 22.6 Å². The zero-order valence-electron chi connectivity index (χ0n) is 16.5. The predicted octanol–water partition coefficient (Wildman–Crippen LogP) is 4.00. The Kier molecular flexibility index (Phi) is 8.49. The van der Waals surface area contributed by atoms with Crippen LogP contribution in [0.2, 0.25) is 5.02 Å². The van der Waals surface area contributed by atoms with Crippen LogP contribution in [-0.4, -0.2) is 34.2 Å². The minimum Gasteiger partial charge on any atom is -0.489 e. The number of carbonyl (C=O) groups is 2. The average Bonchev–Trinajstić information content (AvgIpc) is 2.65. The molecular weight excluding hydrogens is 394 g/mol. The fraction of sp³-hybridized carbons (Fsp3) is 0.364. The van der Waals surface area contributed by atoms with Crippen molar-refractivity contribution in [2.75, 3.05) is 0 Å². The van der Waals surface area contributed by atoms with Crippen molar-refractivity contribution in [1.82, 2.24) is 5.32 Å². The first kappa shape index (κ1) is 22.7. The molecule has 7 heteroatoms. The standard InChI is InChI=1S/C22H26ClNO5/c1-14(2)9-19(21(25)26)24-20(22(27)28)12-15-5-4-8-18(11-15)29-13-16-6-3-7-17(23)10-16/h3-8,10-11,14,19-20,24H,9,12-13H2,1-2H3,(H,25,26)(H,27,28)/t19-,20?/m0/s1. The van der Waals surface area contributed by atoms with Gasteiger partial charge in [0.05, 0.1) is 0 Å². The van der Waals surface area contributed by atoms with E-state index in [4.69, 9.17) is 16.3 Å². The lowest BCUT2D eigenvalue weighted by Crippen LogP contribution is -2.48. The third-order valence-electron chi connectivity index (χ3n) is 4.34. The van der Waals surface area contributed by atoms with Gasteiger partial charge in [0.1, 0.15) is 24.4 Å². The molecular formula is C22H26ClNO5. The van der Waals surface area contributed by atoms with Crippen molar-refractivity contribution in [3.05, 3.63) is 64.7 Å². The summed E-state index contributed by atoms with van der Waals surface area (Å²) in [6, 6.07) is 12.5. The summed E-state index contributed by atoms with van der Waals surface area (Å²) in [6.45, 7) is 4.13. The minimum atomic E-state index is -1.09. The van der Waals surface area contributed by atoms with E-state index in [1.54, 1.807) is 30.3 Å². The summed E-state index contributed by atoms with van der Waals surface area (Å²) in [5.41, 5.74) is 1.66. The quantitative estimate of drug-likeness (QED) is 0.509. The summed E-state index contributed by atoms with van der Waals surface area (Å²) in [6.07, 6.45) is 0.494. The minimum absolute atomic E-state index is 0.126. The third kappa shape index (κ3) is 7.75. The van der Waals surface area contributed by atoms with Crippen LogP contribution in [0.5, 0.6) is 5.75 Å². The molecule has 29 heavy (non-hydrogen) atoms. The highest BCUT2D eigenvalue weighted by molar-refractivity contribution is 6.30. The summed E-state index contributed by atoms with van der Waals surface area (Å²) < 4.78 is 5.78. The predicted molar refractivity (Wildman–Crippen MR) is 111 cm³/mol. The first-order chi connectivity index (χ1) is 13.7. The third-order valence-corrected chi connectivity index (χ3v) is 4.57. The van der Waals surface area contributed by atoms with E-state index < -0.39 is 24.0 Å². The van der Waals surface area contributed by atoms with Crippen LogP contribution in [0.1, 0.15) is 31.4 Å². The molecule has 0 heterocycles. The summed E-state index contributed by atoms with van der Waals surface area (Å²) in [5, 5.41) is 22.3. The number of nitrogens with one attached hydrogen (secondary N) is 1. The molecule has 0 aliphatic heterocycles. The van der Waals surface area contributed by atoms with Gasteiger partial charge in [-0.2, -0.15) is 0 Å². The second-order valence-corrected chi connectivity index (χ2v) is 7.78. The molecule has 6 nitrogen and oxygen atoms in total. The van der Waals surface area contributed by atoms with E-state index in [2.05, 4.69) is 5.32 Å². The molecule has 0 bridgehead atoms. The molecule has 0 aliphatic carbocycles. The Labute approximate surface area is 175 Å². The highest BCUT2D eigenvalue weighted by atomic mass is 35.5. The highest BCUT2D eigenvalue weighted by Crippen LogP contribution is 2.18. The van der Waals surface area contributed by atoms with Crippen molar-refractivity contribution in [2.45, 2.75) is 45.4 Å². The van der Waals surface area contributed by atoms with Gasteiger partial charge in [-0.25, -0.2) is 0 Å². The molecule has 0 saturated carbocycles. The first-order valence-electron chi connectivity index (χ1n) is 9.42. The van der Waals surface area contributed by atoms with Crippen molar-refractivity contribution >= 4 is 23.5 Å². The Bertz CT molecular complexity index is 839. The van der Waals surface area contributed by atoms with Gasteiger partial charge in [0.25, 0.3) is 0 Å². The van der Waals surface area contributed by atoms with E-state index in [-0.39, 0.29) is 12.3 Å². The topological polar surface area (TPSA) is 95.9 Å². The maximum Gasteiger partial charge on any atom is 0.321 e. The molecule has 2 aromatic carbocycles. The number of carboxylic acid groups (broad SMARTS) is 2. The van der Waals surface area contributed by atoms with Crippen LogP contribution in [0.15, 0.2) is 48.5 Å². The monoisotopic (exact) mass is 419 g/mol. The average molecular weight is 420 g/mol. The van der Waals surface area contributed by atoms with Gasteiger partial charge in [0.15, 0.2) is 0 Å². The zero-order chi connectivity index (χ0) is 21.4. The summed E-state index contributed by atoms with van der Waals surface area (Å²) >= 11 is 5.97. The van der Waals surface area contributed by atoms with Gasteiger partial charge in [0, 0.05) is 5.02 Å². The molecule has 2 aromatic rings. The molecule has 0 aromatic heterocycles. The Balaban J connectivity index is 2.05. The molecule has 0 fully saturated rings. The number of hydrogen-bond acceptors (Lipinski definition) is 4. The van der Waals surface area contributed by atoms with Crippen LogP contribution >= 0.6 is 11.6 Å². The smallest absolute Gasteiger partial charge is 0.321 e. The lowest BCUT2D eigenvalue weighted by molar-refractivity contribution is -0.142. The van der Waals surface area contributed by atoms with Crippen molar-refractivity contribution < 1.29 is 24.5 Å². The number of aliphatic carboxylic acids is 2. The van der Waals surface area contributed by atoms with Crippen molar-refractivity contribution in [3.63, 3.8) is 0 Å². The first-order valence-corrected chi connectivity index (χ1v) is 9.80. The highest BCUT2D eigenvalue weighted by Gasteiger charge is 2.26. The maximum atomic E-state index is 11.7. The van der Waals surface area contributed by atoms with E-state index in [1.165, 1.54) is 0 Å². The number of benzene rings is 2. The number of ether oxygens (including phenoxy) is 1. The van der Waals surface area contributed by atoms with Crippen molar-refractivity contribution in [2.24, 2.45) is 5.92 Å². The second-order valence-electron chi connectivity index (χ2n) is 7.35. The fourth-order valence-electron chi connectivity index (χ4n) is 2.96. The van der Waals surface area contributed by atoms with Gasteiger partial charge in [-0.3, -0.25) is 14.9 Å². The van der Waals surface area contributed by atoms with E-state index in [0.29, 0.717) is 23.8 Å². The van der Waals surface area contributed by atoms with Crippen LogP contribution in [0.3, 0.4) is 0 Å². The van der Waals surface area contributed by atoms with Gasteiger partial charge in [-0.1, -0.05) is 49.7 Å². The van der Waals surface area contributed by atoms with Gasteiger partial charge in [-0.05, 0) is 54.2 Å². The molecule has 0 amide bonds. The van der Waals surface area contributed by atoms with Crippen molar-refractivity contribution in [1.29, 1.82) is 0 Å². The van der Waals surface area contributed by atoms with E-state index in [1.807, 2.05) is 32.0 Å². The maximum absolute atomic E-state index is 11.7. The molecule has 2 atom stereocenters. The zero-order valence-corrected chi connectivity index (χ0v) is 17.2. The molecule has 0 spiro atoms. The van der Waals surface area contributed by atoms with Gasteiger partial charge >= 0.3 is 11.9 Å². The van der Waals surface area contributed by atoms with Gasteiger partial charge in [0.2, 0.25) is 0 Å². The van der Waals surface area contributed by atoms with Crippen LogP contribution in [0, 0.1) is 5.92 Å². The van der Waals surface area contributed by atoms with E-state index in [0.717, 1.165) is 11.1 Å². The molecule has 1 unspecified atom stereocenters. The largest absolute Gasteiger partial charge is 0.489 e. The SMILES string of the molecule is CC(C)C[C@H](NC(Cc1cccc(OCc2cccc(Cl)c2)c1)C(=O)O)C(=O)O. The summed E-state index contributed by atoms with van der Waals surface area (Å²) in [5.74, 6) is -1.42. The van der Waals surface area contributed by atoms with Crippen LogP contribution < -0.4 is 10.1 Å². The molecule has 2 rings (SSSR count). The Morgan fingerprint density at radius 1 is 1.00 bits per heavy atom. The molecule has 156 valence electrons. The molecule has 0 aliphatic rings. The van der Waals surface area contributed by atoms with Crippen molar-refractivity contribution in [3.8, 4) is 5.75 Å².